The molecule has 94 valence electrons. The summed E-state index contributed by atoms with van der Waals surface area (Å²) < 4.78 is 0. The summed E-state index contributed by atoms with van der Waals surface area (Å²) in [5.74, 6) is -0.0532. The summed E-state index contributed by atoms with van der Waals surface area (Å²) in [6.45, 7) is 3.51. The zero-order chi connectivity index (χ0) is 13.1. The van der Waals surface area contributed by atoms with Gasteiger partial charge in [0.2, 0.25) is 5.91 Å². The first-order valence-corrected chi connectivity index (χ1v) is 7.58. The molecule has 1 N–H and O–H groups in total. The van der Waals surface area contributed by atoms with Crippen LogP contribution in [0.3, 0.4) is 0 Å². The molecule has 0 unspecified atom stereocenters. The Balaban J connectivity index is 2.38. The number of thiazole rings is 1. The van der Waals surface area contributed by atoms with Crippen LogP contribution in [0.15, 0.2) is 28.5 Å². The number of carbonyl (C=O) groups is 1. The van der Waals surface area contributed by atoms with Crippen molar-refractivity contribution in [3.05, 3.63) is 28.6 Å². The highest BCUT2D eigenvalue weighted by molar-refractivity contribution is 7.98. The van der Waals surface area contributed by atoms with Crippen molar-refractivity contribution in [3.8, 4) is 11.3 Å². The van der Waals surface area contributed by atoms with Crippen LogP contribution in [0.5, 0.6) is 0 Å². The monoisotopic (exact) mass is 278 g/mol. The van der Waals surface area contributed by atoms with Crippen LogP contribution in [0.2, 0.25) is 0 Å². The number of hydrogen-bond acceptors (Lipinski definition) is 4. The molecule has 0 spiro atoms. The minimum atomic E-state index is -0.0532. The predicted octanol–water partition coefficient (Wildman–Crippen LogP) is 3.80. The Morgan fingerprint density at radius 1 is 1.44 bits per heavy atom. The fraction of sp³-hybridized carbons (Fsp3) is 0.231. The molecule has 1 aromatic heterocycles. The average Bonchev–Trinajstić information content (AvgIpc) is 2.75. The lowest BCUT2D eigenvalue weighted by Crippen LogP contribution is -2.06. The third-order valence-corrected chi connectivity index (χ3v) is 3.98. The van der Waals surface area contributed by atoms with Gasteiger partial charge in [-0.1, -0.05) is 6.07 Å². The summed E-state index contributed by atoms with van der Waals surface area (Å²) in [5.41, 5.74) is 2.92. The molecule has 2 aromatic rings. The highest BCUT2D eigenvalue weighted by Crippen LogP contribution is 2.31. The SMILES string of the molecule is CSc1cc(-c2csc(C)n2)ccc1NC(C)=O. The van der Waals surface area contributed by atoms with Gasteiger partial charge in [-0.3, -0.25) is 4.79 Å². The number of benzene rings is 1. The van der Waals surface area contributed by atoms with Crippen LogP contribution in [-0.2, 0) is 4.79 Å². The molecule has 5 heteroatoms. The minimum Gasteiger partial charge on any atom is -0.325 e. The van der Waals surface area contributed by atoms with Crippen molar-refractivity contribution >= 4 is 34.7 Å². The van der Waals surface area contributed by atoms with E-state index in [0.29, 0.717) is 0 Å². The molecule has 1 amide bonds. The van der Waals surface area contributed by atoms with E-state index < -0.39 is 0 Å². The number of thioether (sulfide) groups is 1. The lowest BCUT2D eigenvalue weighted by atomic mass is 10.1. The number of carbonyl (C=O) groups excluding carboxylic acids is 1. The summed E-state index contributed by atoms with van der Waals surface area (Å²) in [6, 6.07) is 5.97. The number of anilines is 1. The molecule has 0 bridgehead atoms. The number of rotatable bonds is 3. The molecular weight excluding hydrogens is 264 g/mol. The Morgan fingerprint density at radius 3 is 2.78 bits per heavy atom. The van der Waals surface area contributed by atoms with E-state index in [2.05, 4.69) is 16.4 Å². The van der Waals surface area contributed by atoms with Gasteiger partial charge in [-0.2, -0.15) is 0 Å². The molecule has 1 heterocycles. The third-order valence-electron chi connectivity index (χ3n) is 2.43. The number of nitrogens with one attached hydrogen (secondary N) is 1. The molecule has 0 fully saturated rings. The van der Waals surface area contributed by atoms with Crippen LogP contribution in [0, 0.1) is 6.92 Å². The van der Waals surface area contributed by atoms with E-state index in [9.17, 15) is 4.79 Å². The van der Waals surface area contributed by atoms with Gasteiger partial charge < -0.3 is 5.32 Å². The standard InChI is InChI=1S/C13H14N2OS2/c1-8(16)14-11-5-4-10(6-13(11)17-3)12-7-18-9(2)15-12/h4-7H,1-3H3,(H,14,16). The first-order chi connectivity index (χ1) is 8.60. The highest BCUT2D eigenvalue weighted by atomic mass is 32.2. The first-order valence-electron chi connectivity index (χ1n) is 5.48. The molecule has 2 rings (SSSR count). The molecule has 0 aliphatic rings. The fourth-order valence-corrected chi connectivity index (χ4v) is 2.85. The maximum Gasteiger partial charge on any atom is 0.221 e. The van der Waals surface area contributed by atoms with E-state index in [1.54, 1.807) is 23.1 Å². The Bertz CT molecular complexity index is 578. The quantitative estimate of drug-likeness (QED) is 0.868. The van der Waals surface area contributed by atoms with Gasteiger partial charge in [0.1, 0.15) is 0 Å². The fourth-order valence-electron chi connectivity index (χ4n) is 1.64. The van der Waals surface area contributed by atoms with Gasteiger partial charge in [0.05, 0.1) is 16.4 Å². The normalized spacial score (nSPS) is 10.4. The van der Waals surface area contributed by atoms with E-state index in [-0.39, 0.29) is 5.91 Å². The van der Waals surface area contributed by atoms with Crippen molar-refractivity contribution in [3.63, 3.8) is 0 Å². The van der Waals surface area contributed by atoms with Crippen LogP contribution in [0.1, 0.15) is 11.9 Å². The van der Waals surface area contributed by atoms with Crippen molar-refractivity contribution in [1.29, 1.82) is 0 Å². The van der Waals surface area contributed by atoms with E-state index >= 15 is 0 Å². The van der Waals surface area contributed by atoms with E-state index in [4.69, 9.17) is 0 Å². The molecule has 18 heavy (non-hydrogen) atoms. The van der Waals surface area contributed by atoms with Crippen molar-refractivity contribution < 1.29 is 4.79 Å². The molecule has 0 saturated carbocycles. The molecule has 0 atom stereocenters. The summed E-state index contributed by atoms with van der Waals surface area (Å²) in [4.78, 5) is 16.6. The average molecular weight is 278 g/mol. The van der Waals surface area contributed by atoms with Crippen LogP contribution < -0.4 is 5.32 Å². The predicted molar refractivity (Wildman–Crippen MR) is 78.4 cm³/mol. The van der Waals surface area contributed by atoms with Gasteiger partial charge in [-0.15, -0.1) is 23.1 Å². The van der Waals surface area contributed by atoms with Crippen LogP contribution in [-0.4, -0.2) is 17.1 Å². The van der Waals surface area contributed by atoms with Gasteiger partial charge in [0, 0.05) is 22.8 Å². The second-order valence-electron chi connectivity index (χ2n) is 3.85. The molecule has 0 radical (unpaired) electrons. The lowest BCUT2D eigenvalue weighted by molar-refractivity contribution is -0.114. The van der Waals surface area contributed by atoms with Crippen LogP contribution >= 0.6 is 23.1 Å². The summed E-state index contributed by atoms with van der Waals surface area (Å²) in [6.07, 6.45) is 2.00. The maximum absolute atomic E-state index is 11.1. The number of aryl methyl sites for hydroxylation is 1. The summed E-state index contributed by atoms with van der Waals surface area (Å²) in [7, 11) is 0. The molecular formula is C13H14N2OS2. The first kappa shape index (κ1) is 13.1. The zero-order valence-electron chi connectivity index (χ0n) is 10.5. The van der Waals surface area contributed by atoms with E-state index in [1.165, 1.54) is 6.92 Å². The van der Waals surface area contributed by atoms with Crippen molar-refractivity contribution in [2.24, 2.45) is 0 Å². The molecule has 0 saturated heterocycles. The van der Waals surface area contributed by atoms with Gasteiger partial charge >= 0.3 is 0 Å². The number of hydrogen-bond donors (Lipinski definition) is 1. The summed E-state index contributed by atoms with van der Waals surface area (Å²) >= 11 is 3.25. The van der Waals surface area contributed by atoms with Crippen LogP contribution in [0.4, 0.5) is 5.69 Å². The van der Waals surface area contributed by atoms with Gasteiger partial charge in [0.15, 0.2) is 0 Å². The molecule has 1 aromatic carbocycles. The van der Waals surface area contributed by atoms with Gasteiger partial charge in [0.25, 0.3) is 0 Å². The number of aromatic nitrogens is 1. The maximum atomic E-state index is 11.1. The van der Waals surface area contributed by atoms with Crippen molar-refractivity contribution in [2.45, 2.75) is 18.7 Å². The Labute approximate surface area is 115 Å². The molecule has 0 aliphatic carbocycles. The van der Waals surface area contributed by atoms with Gasteiger partial charge in [-0.25, -0.2) is 4.98 Å². The molecule has 3 nitrogen and oxygen atoms in total. The second-order valence-corrected chi connectivity index (χ2v) is 5.76. The lowest BCUT2D eigenvalue weighted by Gasteiger charge is -2.09. The van der Waals surface area contributed by atoms with Crippen LogP contribution in [0.25, 0.3) is 11.3 Å². The Morgan fingerprint density at radius 2 is 2.22 bits per heavy atom. The molecule has 0 aliphatic heterocycles. The van der Waals surface area contributed by atoms with E-state index in [1.807, 2.05) is 30.7 Å². The number of amides is 1. The smallest absolute Gasteiger partial charge is 0.221 e. The second kappa shape index (κ2) is 5.54. The minimum absolute atomic E-state index is 0.0532. The summed E-state index contributed by atoms with van der Waals surface area (Å²) in [5, 5.41) is 5.94. The van der Waals surface area contributed by atoms with Crippen molar-refractivity contribution in [1.82, 2.24) is 4.98 Å². The van der Waals surface area contributed by atoms with Gasteiger partial charge in [-0.05, 0) is 25.3 Å². The number of nitrogens with zero attached hydrogens (tertiary/aromatic N) is 1. The highest BCUT2D eigenvalue weighted by Gasteiger charge is 2.07. The Kier molecular flexibility index (Phi) is 4.04. The van der Waals surface area contributed by atoms with Crippen molar-refractivity contribution in [2.75, 3.05) is 11.6 Å². The van der Waals surface area contributed by atoms with E-state index in [0.717, 1.165) is 26.8 Å². The zero-order valence-corrected chi connectivity index (χ0v) is 12.1. The largest absolute Gasteiger partial charge is 0.325 e. The third kappa shape index (κ3) is 2.91. The Hall–Kier alpha value is -1.33. The topological polar surface area (TPSA) is 42.0 Å².